The number of H-pyrrole nitrogens is 1. The molecule has 5 aromatic rings. The second-order valence-electron chi connectivity index (χ2n) is 10.6. The lowest BCUT2D eigenvalue weighted by molar-refractivity contribution is -0.131. The minimum atomic E-state index is 0.298. The number of rotatable bonds is 5. The molecule has 5 heteroatoms. The van der Waals surface area contributed by atoms with Gasteiger partial charge in [-0.1, -0.05) is 42.5 Å². The van der Waals surface area contributed by atoms with Crippen LogP contribution in [0, 0.1) is 18.8 Å². The number of para-hydroxylation sites is 1. The quantitative estimate of drug-likeness (QED) is 0.320. The smallest absolute Gasteiger partial charge is 0.225 e. The zero-order valence-electron chi connectivity index (χ0n) is 20.6. The van der Waals surface area contributed by atoms with Crippen molar-refractivity contribution in [3.05, 3.63) is 78.5 Å². The van der Waals surface area contributed by atoms with E-state index in [1.807, 2.05) is 6.20 Å². The molecule has 1 amide bonds. The van der Waals surface area contributed by atoms with E-state index in [1.54, 1.807) is 0 Å². The van der Waals surface area contributed by atoms with Gasteiger partial charge in [0.25, 0.3) is 0 Å². The Balaban J connectivity index is 1.22. The molecule has 1 N–H and O–H groups in total. The van der Waals surface area contributed by atoms with Crippen LogP contribution in [0.2, 0.25) is 0 Å². The number of nitrogens with zero attached hydrogens (tertiary/aromatic N) is 3. The summed E-state index contributed by atoms with van der Waals surface area (Å²) in [6.07, 6.45) is 5.19. The van der Waals surface area contributed by atoms with Crippen molar-refractivity contribution in [1.29, 1.82) is 0 Å². The van der Waals surface area contributed by atoms with E-state index in [1.165, 1.54) is 27.6 Å². The summed E-state index contributed by atoms with van der Waals surface area (Å²) in [6.45, 7) is 4.81. The molecule has 1 aliphatic carbocycles. The maximum Gasteiger partial charge on any atom is 0.225 e. The van der Waals surface area contributed by atoms with Gasteiger partial charge in [-0.15, -0.1) is 0 Å². The Kier molecular flexibility index (Phi) is 4.98. The first-order chi connectivity index (χ1) is 17.6. The van der Waals surface area contributed by atoms with E-state index in [2.05, 4.69) is 88.1 Å². The van der Waals surface area contributed by atoms with Gasteiger partial charge in [-0.3, -0.25) is 4.79 Å². The number of fused-ring (bicyclic) bond motifs is 2. The molecule has 1 saturated carbocycles. The largest absolute Gasteiger partial charge is 0.361 e. The number of aromatic amines is 1. The van der Waals surface area contributed by atoms with Gasteiger partial charge in [-0.2, -0.15) is 0 Å². The van der Waals surface area contributed by atoms with Crippen LogP contribution in [-0.2, 0) is 11.3 Å². The molecule has 0 radical (unpaired) electrons. The number of carbonyl (C=O) groups excluding carboxylic acids is 1. The lowest BCUT2D eigenvalue weighted by Gasteiger charge is -2.18. The molecule has 36 heavy (non-hydrogen) atoms. The van der Waals surface area contributed by atoms with Gasteiger partial charge >= 0.3 is 0 Å². The van der Waals surface area contributed by atoms with Crippen LogP contribution < -0.4 is 0 Å². The molecule has 2 aliphatic rings. The number of hydrogen-bond acceptors (Lipinski definition) is 2. The summed E-state index contributed by atoms with van der Waals surface area (Å²) in [4.78, 5) is 23.1. The number of nitrogens with one attached hydrogen (secondary N) is 1. The monoisotopic (exact) mass is 474 g/mol. The fourth-order valence-corrected chi connectivity index (χ4v) is 5.84. The van der Waals surface area contributed by atoms with Crippen LogP contribution in [0.5, 0.6) is 0 Å². The summed E-state index contributed by atoms with van der Waals surface area (Å²) in [5.41, 5.74) is 8.18. The number of likely N-dealkylation sites (tertiary alicyclic amines) is 1. The Morgan fingerprint density at radius 2 is 1.78 bits per heavy atom. The topological polar surface area (TPSA) is 53.9 Å². The van der Waals surface area contributed by atoms with Gasteiger partial charge < -0.3 is 14.5 Å². The molecular formula is C31H30N4O. The zero-order valence-corrected chi connectivity index (χ0v) is 20.6. The molecule has 7 rings (SSSR count). The van der Waals surface area contributed by atoms with Gasteiger partial charge in [-0.25, -0.2) is 4.98 Å². The lowest BCUT2D eigenvalue weighted by atomic mass is 10.0. The van der Waals surface area contributed by atoms with Crippen LogP contribution in [0.4, 0.5) is 0 Å². The van der Waals surface area contributed by atoms with Crippen LogP contribution in [-0.4, -0.2) is 38.4 Å². The first kappa shape index (κ1) is 21.4. The third-order valence-electron chi connectivity index (χ3n) is 7.96. The molecule has 180 valence electrons. The highest BCUT2D eigenvalue weighted by molar-refractivity contribution is 5.86. The molecule has 3 heterocycles. The Hall–Kier alpha value is -3.86. The molecular weight excluding hydrogens is 444 g/mol. The van der Waals surface area contributed by atoms with Gasteiger partial charge in [0, 0.05) is 42.8 Å². The fraction of sp³-hybridized carbons (Fsp3) is 0.290. The molecule has 3 aromatic carbocycles. The number of aromatic nitrogens is 3. The second kappa shape index (κ2) is 8.37. The Morgan fingerprint density at radius 1 is 0.972 bits per heavy atom. The van der Waals surface area contributed by atoms with Crippen molar-refractivity contribution in [2.45, 2.75) is 32.7 Å². The molecule has 0 spiro atoms. The SMILES string of the molecule is Cc1cccc2nc(-c3ccc(-c4ccc5[nH]ccc5c4)cc3)n(CC3CCN(C(=O)C4CC4)C3)c12. The summed E-state index contributed by atoms with van der Waals surface area (Å²) in [5.74, 6) is 2.14. The highest BCUT2D eigenvalue weighted by atomic mass is 16.2. The summed E-state index contributed by atoms with van der Waals surface area (Å²) in [6, 6.07) is 23.8. The van der Waals surface area contributed by atoms with E-state index < -0.39 is 0 Å². The predicted octanol–water partition coefficient (Wildman–Crippen LogP) is 6.42. The van der Waals surface area contributed by atoms with Crippen molar-refractivity contribution < 1.29 is 4.79 Å². The van der Waals surface area contributed by atoms with Gasteiger partial charge in [0.15, 0.2) is 0 Å². The molecule has 1 atom stereocenters. The molecule has 2 fully saturated rings. The van der Waals surface area contributed by atoms with Crippen molar-refractivity contribution in [3.63, 3.8) is 0 Å². The second-order valence-corrected chi connectivity index (χ2v) is 10.6. The van der Waals surface area contributed by atoms with Crippen LogP contribution in [0.15, 0.2) is 72.9 Å². The number of aryl methyl sites for hydroxylation is 1. The van der Waals surface area contributed by atoms with Crippen LogP contribution in [0.25, 0.3) is 44.5 Å². The molecule has 1 unspecified atom stereocenters. The maximum absolute atomic E-state index is 12.6. The Labute approximate surface area is 210 Å². The maximum atomic E-state index is 12.6. The van der Waals surface area contributed by atoms with Gasteiger partial charge in [0.1, 0.15) is 5.82 Å². The predicted molar refractivity (Wildman–Crippen MR) is 145 cm³/mol. The molecule has 5 nitrogen and oxygen atoms in total. The summed E-state index contributed by atoms with van der Waals surface area (Å²) in [7, 11) is 0. The number of hydrogen-bond donors (Lipinski definition) is 1. The number of amides is 1. The summed E-state index contributed by atoms with van der Waals surface area (Å²) >= 11 is 0. The normalized spacial score (nSPS) is 17.9. The van der Waals surface area contributed by atoms with Gasteiger partial charge in [0.2, 0.25) is 5.91 Å². The summed E-state index contributed by atoms with van der Waals surface area (Å²) in [5, 5.41) is 1.22. The van der Waals surface area contributed by atoms with Crippen molar-refractivity contribution in [3.8, 4) is 22.5 Å². The first-order valence-electron chi connectivity index (χ1n) is 13.1. The number of benzene rings is 3. The standard InChI is InChI=1S/C31H30N4O/c1-20-3-2-4-28-29(20)35(19-21-14-16-34(18-21)31(36)24-9-10-24)30(33-28)23-7-5-22(6-8-23)25-11-12-27-26(17-25)13-15-32-27/h2-8,11-13,15,17,21,24,32H,9-10,14,16,18-19H2,1H3. The van der Waals surface area contributed by atoms with Crippen molar-refractivity contribution >= 4 is 27.8 Å². The molecule has 1 aliphatic heterocycles. The van der Waals surface area contributed by atoms with Crippen LogP contribution in [0.3, 0.4) is 0 Å². The van der Waals surface area contributed by atoms with Crippen molar-refractivity contribution in [2.75, 3.05) is 13.1 Å². The zero-order chi connectivity index (χ0) is 24.2. The number of carbonyl (C=O) groups is 1. The number of imidazole rings is 1. The van der Waals surface area contributed by atoms with Crippen LogP contribution in [0.1, 0.15) is 24.8 Å². The third-order valence-corrected chi connectivity index (χ3v) is 7.96. The minimum absolute atomic E-state index is 0.298. The first-order valence-corrected chi connectivity index (χ1v) is 13.1. The van der Waals surface area contributed by atoms with E-state index in [0.29, 0.717) is 17.7 Å². The summed E-state index contributed by atoms with van der Waals surface area (Å²) < 4.78 is 2.40. The van der Waals surface area contributed by atoms with Crippen LogP contribution >= 0.6 is 0 Å². The Bertz CT molecular complexity index is 1590. The average molecular weight is 475 g/mol. The van der Waals surface area contributed by atoms with E-state index >= 15 is 0 Å². The van der Waals surface area contributed by atoms with Crippen molar-refractivity contribution in [2.24, 2.45) is 11.8 Å². The van der Waals surface area contributed by atoms with E-state index in [-0.39, 0.29) is 0 Å². The van der Waals surface area contributed by atoms with E-state index in [4.69, 9.17) is 4.98 Å². The highest BCUT2D eigenvalue weighted by Crippen LogP contribution is 2.35. The Morgan fingerprint density at radius 3 is 2.61 bits per heavy atom. The van der Waals surface area contributed by atoms with E-state index in [9.17, 15) is 4.79 Å². The molecule has 0 bridgehead atoms. The lowest BCUT2D eigenvalue weighted by Crippen LogP contribution is -2.30. The van der Waals surface area contributed by atoms with Gasteiger partial charge in [-0.05, 0) is 78.4 Å². The molecule has 1 saturated heterocycles. The molecule has 2 aromatic heterocycles. The average Bonchev–Trinajstić information content (AvgIpc) is 3.29. The van der Waals surface area contributed by atoms with Crippen molar-refractivity contribution in [1.82, 2.24) is 19.4 Å². The van der Waals surface area contributed by atoms with Gasteiger partial charge in [0.05, 0.1) is 11.0 Å². The van der Waals surface area contributed by atoms with E-state index in [0.717, 1.165) is 61.3 Å². The third kappa shape index (κ3) is 3.70. The minimum Gasteiger partial charge on any atom is -0.361 e. The fourth-order valence-electron chi connectivity index (χ4n) is 5.84. The highest BCUT2D eigenvalue weighted by Gasteiger charge is 2.36.